The van der Waals surface area contributed by atoms with Gasteiger partial charge in [0.05, 0.1) is 12.8 Å². The van der Waals surface area contributed by atoms with E-state index in [9.17, 15) is 0 Å². The number of hydrogen-bond acceptors (Lipinski definition) is 3. The summed E-state index contributed by atoms with van der Waals surface area (Å²) in [4.78, 5) is 4.43. The van der Waals surface area contributed by atoms with Gasteiger partial charge in [0.25, 0.3) is 0 Å². The summed E-state index contributed by atoms with van der Waals surface area (Å²) < 4.78 is 11.0. The van der Waals surface area contributed by atoms with E-state index in [-0.39, 0.29) is 0 Å². The van der Waals surface area contributed by atoms with Gasteiger partial charge >= 0.3 is 0 Å². The molecule has 0 atom stereocenters. The van der Waals surface area contributed by atoms with E-state index in [0.29, 0.717) is 6.61 Å². The Morgan fingerprint density at radius 1 is 1.05 bits per heavy atom. The summed E-state index contributed by atoms with van der Waals surface area (Å²) in [5.74, 6) is 1.67. The summed E-state index contributed by atoms with van der Waals surface area (Å²) in [7, 11) is 1.66. The molecule has 0 fully saturated rings. The van der Waals surface area contributed by atoms with Gasteiger partial charge in [-0.15, -0.1) is 0 Å². The molecule has 1 aromatic heterocycles. The SMILES string of the molecule is CCc1ccc(OCc2cc(OC)cc(C)n2)cc1. The van der Waals surface area contributed by atoms with E-state index in [1.807, 2.05) is 31.2 Å². The van der Waals surface area contributed by atoms with Gasteiger partial charge in [-0.2, -0.15) is 0 Å². The molecule has 0 N–H and O–H groups in total. The van der Waals surface area contributed by atoms with Crippen molar-refractivity contribution in [1.82, 2.24) is 4.98 Å². The van der Waals surface area contributed by atoms with Crippen LogP contribution < -0.4 is 9.47 Å². The molecule has 0 radical (unpaired) electrons. The van der Waals surface area contributed by atoms with E-state index < -0.39 is 0 Å². The molecule has 0 aliphatic heterocycles. The molecule has 0 aliphatic rings. The van der Waals surface area contributed by atoms with Crippen molar-refractivity contribution >= 4 is 0 Å². The normalized spacial score (nSPS) is 10.3. The largest absolute Gasteiger partial charge is 0.497 e. The number of benzene rings is 1. The maximum atomic E-state index is 5.73. The second kappa shape index (κ2) is 6.23. The summed E-state index contributed by atoms with van der Waals surface area (Å²) in [6.07, 6.45) is 1.04. The molecule has 3 heteroatoms. The van der Waals surface area contributed by atoms with Gasteiger partial charge in [-0.25, -0.2) is 0 Å². The highest BCUT2D eigenvalue weighted by molar-refractivity contribution is 5.29. The number of ether oxygens (including phenoxy) is 2. The fourth-order valence-electron chi connectivity index (χ4n) is 1.87. The van der Waals surface area contributed by atoms with Crippen molar-refractivity contribution in [3.8, 4) is 11.5 Å². The number of aryl methyl sites for hydroxylation is 2. The number of nitrogens with zero attached hydrogens (tertiary/aromatic N) is 1. The van der Waals surface area contributed by atoms with E-state index in [1.54, 1.807) is 7.11 Å². The van der Waals surface area contributed by atoms with E-state index >= 15 is 0 Å². The lowest BCUT2D eigenvalue weighted by Gasteiger charge is -2.08. The minimum absolute atomic E-state index is 0.448. The monoisotopic (exact) mass is 257 g/mol. The zero-order valence-corrected chi connectivity index (χ0v) is 11.6. The predicted octanol–water partition coefficient (Wildman–Crippen LogP) is 3.54. The third kappa shape index (κ3) is 3.71. The number of rotatable bonds is 5. The first-order valence-electron chi connectivity index (χ1n) is 6.44. The van der Waals surface area contributed by atoms with Crippen LogP contribution in [-0.4, -0.2) is 12.1 Å². The molecule has 0 aliphatic carbocycles. The van der Waals surface area contributed by atoms with Crippen LogP contribution >= 0.6 is 0 Å². The summed E-state index contributed by atoms with van der Waals surface area (Å²) in [6.45, 7) is 4.53. The molecule has 0 saturated heterocycles. The smallest absolute Gasteiger partial charge is 0.130 e. The van der Waals surface area contributed by atoms with Gasteiger partial charge in [0.2, 0.25) is 0 Å². The lowest BCUT2D eigenvalue weighted by molar-refractivity contribution is 0.299. The van der Waals surface area contributed by atoms with Gasteiger partial charge in [-0.3, -0.25) is 4.98 Å². The average molecular weight is 257 g/mol. The zero-order valence-electron chi connectivity index (χ0n) is 11.6. The molecule has 0 saturated carbocycles. The predicted molar refractivity (Wildman–Crippen MR) is 75.7 cm³/mol. The van der Waals surface area contributed by atoms with Crippen molar-refractivity contribution in [2.75, 3.05) is 7.11 Å². The van der Waals surface area contributed by atoms with Crippen LogP contribution in [0.15, 0.2) is 36.4 Å². The standard InChI is InChI=1S/C16H19NO2/c1-4-13-5-7-15(8-6-13)19-11-14-10-16(18-3)9-12(2)17-14/h5-10H,4,11H2,1-3H3. The number of pyridine rings is 1. The van der Waals surface area contributed by atoms with Crippen LogP contribution in [0.2, 0.25) is 0 Å². The molecule has 2 rings (SSSR count). The molecule has 0 amide bonds. The third-order valence-corrected chi connectivity index (χ3v) is 2.93. The Bertz CT molecular complexity index is 535. The van der Waals surface area contributed by atoms with Crippen LogP contribution in [0, 0.1) is 6.92 Å². The topological polar surface area (TPSA) is 31.4 Å². The third-order valence-electron chi connectivity index (χ3n) is 2.93. The fraction of sp³-hybridized carbons (Fsp3) is 0.312. The van der Waals surface area contributed by atoms with E-state index in [4.69, 9.17) is 9.47 Å². The molecular weight excluding hydrogens is 238 g/mol. The van der Waals surface area contributed by atoms with Crippen LogP contribution in [-0.2, 0) is 13.0 Å². The fourth-order valence-corrected chi connectivity index (χ4v) is 1.87. The molecule has 0 spiro atoms. The lowest BCUT2D eigenvalue weighted by atomic mass is 10.2. The van der Waals surface area contributed by atoms with Crippen molar-refractivity contribution in [1.29, 1.82) is 0 Å². The molecule has 0 bridgehead atoms. The Labute approximate surface area is 114 Å². The zero-order chi connectivity index (χ0) is 13.7. The molecule has 1 heterocycles. The lowest BCUT2D eigenvalue weighted by Crippen LogP contribution is -2.00. The first-order valence-corrected chi connectivity index (χ1v) is 6.44. The second-order valence-corrected chi connectivity index (χ2v) is 4.43. The summed E-state index contributed by atoms with van der Waals surface area (Å²) in [6, 6.07) is 11.9. The van der Waals surface area contributed by atoms with Crippen LogP contribution in [0.3, 0.4) is 0 Å². The molecule has 3 nitrogen and oxygen atoms in total. The highest BCUT2D eigenvalue weighted by Crippen LogP contribution is 2.17. The molecule has 0 unspecified atom stereocenters. The highest BCUT2D eigenvalue weighted by atomic mass is 16.5. The maximum absolute atomic E-state index is 5.73. The average Bonchev–Trinajstić information content (AvgIpc) is 2.45. The van der Waals surface area contributed by atoms with Crippen molar-refractivity contribution in [2.45, 2.75) is 26.9 Å². The summed E-state index contributed by atoms with van der Waals surface area (Å²) in [5, 5.41) is 0. The number of aromatic nitrogens is 1. The Kier molecular flexibility index (Phi) is 4.39. The quantitative estimate of drug-likeness (QED) is 0.821. The first kappa shape index (κ1) is 13.4. The van der Waals surface area contributed by atoms with Gasteiger partial charge in [0.1, 0.15) is 18.1 Å². The van der Waals surface area contributed by atoms with Gasteiger partial charge in [-0.05, 0) is 31.0 Å². The van der Waals surface area contributed by atoms with E-state index in [1.165, 1.54) is 5.56 Å². The van der Waals surface area contributed by atoms with Crippen LogP contribution in [0.4, 0.5) is 0 Å². The highest BCUT2D eigenvalue weighted by Gasteiger charge is 2.02. The molecule has 1 aromatic carbocycles. The van der Waals surface area contributed by atoms with Crippen molar-refractivity contribution in [3.05, 3.63) is 53.3 Å². The second-order valence-electron chi connectivity index (χ2n) is 4.43. The minimum atomic E-state index is 0.448. The minimum Gasteiger partial charge on any atom is -0.497 e. The van der Waals surface area contributed by atoms with Gasteiger partial charge in [-0.1, -0.05) is 19.1 Å². The van der Waals surface area contributed by atoms with Crippen molar-refractivity contribution in [2.24, 2.45) is 0 Å². The molecular formula is C16H19NO2. The molecule has 19 heavy (non-hydrogen) atoms. The van der Waals surface area contributed by atoms with Crippen molar-refractivity contribution < 1.29 is 9.47 Å². The number of methoxy groups -OCH3 is 1. The van der Waals surface area contributed by atoms with E-state index in [2.05, 4.69) is 24.0 Å². The Hall–Kier alpha value is -2.03. The van der Waals surface area contributed by atoms with Crippen LogP contribution in [0.1, 0.15) is 23.9 Å². The molecule has 2 aromatic rings. The van der Waals surface area contributed by atoms with Crippen LogP contribution in [0.5, 0.6) is 11.5 Å². The Morgan fingerprint density at radius 3 is 2.42 bits per heavy atom. The first-order chi connectivity index (χ1) is 9.21. The van der Waals surface area contributed by atoms with Crippen molar-refractivity contribution in [3.63, 3.8) is 0 Å². The Morgan fingerprint density at radius 2 is 1.79 bits per heavy atom. The van der Waals surface area contributed by atoms with Gasteiger partial charge in [0, 0.05) is 17.8 Å². The van der Waals surface area contributed by atoms with Gasteiger partial charge < -0.3 is 9.47 Å². The number of hydrogen-bond donors (Lipinski definition) is 0. The maximum Gasteiger partial charge on any atom is 0.130 e. The Balaban J connectivity index is 2.03. The van der Waals surface area contributed by atoms with Crippen LogP contribution in [0.25, 0.3) is 0 Å². The van der Waals surface area contributed by atoms with E-state index in [0.717, 1.165) is 29.3 Å². The van der Waals surface area contributed by atoms with Gasteiger partial charge in [0.15, 0.2) is 0 Å². The molecule has 100 valence electrons. The summed E-state index contributed by atoms with van der Waals surface area (Å²) >= 11 is 0. The summed E-state index contributed by atoms with van der Waals surface area (Å²) in [5.41, 5.74) is 3.11.